The lowest BCUT2D eigenvalue weighted by atomic mass is 9.95. The number of benzene rings is 1. The molecule has 29 heavy (non-hydrogen) atoms. The number of carbonyl (C=O) groups is 2. The molecule has 1 fully saturated rings. The van der Waals surface area contributed by atoms with Gasteiger partial charge in [-0.05, 0) is 59.1 Å². The van der Waals surface area contributed by atoms with Crippen LogP contribution in [0.15, 0.2) is 41.0 Å². The van der Waals surface area contributed by atoms with Gasteiger partial charge in [-0.2, -0.15) is 13.2 Å². The van der Waals surface area contributed by atoms with Crippen LogP contribution in [0.3, 0.4) is 0 Å². The molecule has 2 aromatic rings. The van der Waals surface area contributed by atoms with Gasteiger partial charge in [-0.1, -0.05) is 0 Å². The molecule has 0 radical (unpaired) electrons. The second-order valence-electron chi connectivity index (χ2n) is 6.61. The predicted octanol–water partition coefficient (Wildman–Crippen LogP) is 4.49. The number of piperidine rings is 1. The molecule has 1 saturated heterocycles. The zero-order valence-corrected chi connectivity index (χ0v) is 16.6. The Morgan fingerprint density at radius 3 is 2.41 bits per heavy atom. The number of likely N-dealkylation sites (tertiary alicyclic amines) is 1. The second kappa shape index (κ2) is 8.48. The third kappa shape index (κ3) is 5.11. The van der Waals surface area contributed by atoms with Gasteiger partial charge >= 0.3 is 6.18 Å². The van der Waals surface area contributed by atoms with Gasteiger partial charge in [0.05, 0.1) is 5.56 Å². The Balaban J connectivity index is 1.61. The number of rotatable bonds is 3. The van der Waals surface area contributed by atoms with Crippen molar-refractivity contribution in [2.24, 2.45) is 5.92 Å². The van der Waals surface area contributed by atoms with E-state index in [2.05, 4.69) is 26.2 Å². The highest BCUT2D eigenvalue weighted by Crippen LogP contribution is 2.32. The van der Waals surface area contributed by atoms with Gasteiger partial charge in [-0.25, -0.2) is 9.37 Å². The van der Waals surface area contributed by atoms with E-state index in [-0.39, 0.29) is 30.5 Å². The monoisotopic (exact) mass is 473 g/mol. The summed E-state index contributed by atoms with van der Waals surface area (Å²) in [7, 11) is 0. The van der Waals surface area contributed by atoms with Gasteiger partial charge in [0.1, 0.15) is 11.6 Å². The number of amides is 2. The van der Waals surface area contributed by atoms with Gasteiger partial charge in [-0.15, -0.1) is 0 Å². The number of anilines is 1. The minimum atomic E-state index is -4.88. The van der Waals surface area contributed by atoms with Gasteiger partial charge in [0.2, 0.25) is 5.91 Å². The fourth-order valence-electron chi connectivity index (χ4n) is 3.08. The van der Waals surface area contributed by atoms with Crippen molar-refractivity contribution in [1.82, 2.24) is 9.88 Å². The number of nitrogens with zero attached hydrogens (tertiary/aromatic N) is 2. The maximum Gasteiger partial charge on any atom is 0.419 e. The maximum atomic E-state index is 13.4. The number of halogens is 5. The topological polar surface area (TPSA) is 62.3 Å². The van der Waals surface area contributed by atoms with E-state index in [4.69, 9.17) is 0 Å². The Kier molecular flexibility index (Phi) is 6.21. The van der Waals surface area contributed by atoms with Gasteiger partial charge in [-0.3, -0.25) is 9.59 Å². The largest absolute Gasteiger partial charge is 0.419 e. The summed E-state index contributed by atoms with van der Waals surface area (Å²) in [5.74, 6) is -2.21. The van der Waals surface area contributed by atoms with Crippen LogP contribution in [0.1, 0.15) is 28.8 Å². The van der Waals surface area contributed by atoms with E-state index in [1.165, 1.54) is 4.90 Å². The average Bonchev–Trinajstić information content (AvgIpc) is 2.69. The van der Waals surface area contributed by atoms with Crippen LogP contribution >= 0.6 is 15.9 Å². The second-order valence-corrected chi connectivity index (χ2v) is 7.53. The summed E-state index contributed by atoms with van der Waals surface area (Å²) >= 11 is 3.25. The quantitative estimate of drug-likeness (QED) is 0.667. The molecule has 5 nitrogen and oxygen atoms in total. The smallest absolute Gasteiger partial charge is 0.339 e. The van der Waals surface area contributed by atoms with E-state index in [9.17, 15) is 27.2 Å². The number of alkyl halides is 3. The molecule has 0 unspecified atom stereocenters. The first-order chi connectivity index (χ1) is 13.6. The van der Waals surface area contributed by atoms with E-state index in [1.54, 1.807) is 18.3 Å². The lowest BCUT2D eigenvalue weighted by molar-refractivity contribution is -0.140. The normalized spacial score (nSPS) is 15.3. The van der Waals surface area contributed by atoms with E-state index in [0.29, 0.717) is 30.8 Å². The van der Waals surface area contributed by atoms with Crippen molar-refractivity contribution >= 4 is 33.6 Å². The first-order valence-corrected chi connectivity index (χ1v) is 9.53. The Hall–Kier alpha value is -2.49. The molecular formula is C19H16BrF4N3O2. The van der Waals surface area contributed by atoms with Crippen LogP contribution in [0.5, 0.6) is 0 Å². The van der Waals surface area contributed by atoms with E-state index >= 15 is 0 Å². The summed E-state index contributed by atoms with van der Waals surface area (Å²) in [6, 6.07) is 5.58. The minimum Gasteiger partial charge on any atom is -0.339 e. The van der Waals surface area contributed by atoms with Crippen molar-refractivity contribution in [3.63, 3.8) is 0 Å². The third-order valence-corrected chi connectivity index (χ3v) is 5.12. The molecule has 1 aliphatic heterocycles. The van der Waals surface area contributed by atoms with Crippen molar-refractivity contribution < 1.29 is 27.2 Å². The van der Waals surface area contributed by atoms with Crippen LogP contribution in [0.4, 0.5) is 23.4 Å². The Morgan fingerprint density at radius 2 is 1.83 bits per heavy atom. The highest BCUT2D eigenvalue weighted by Gasteiger charge is 2.35. The van der Waals surface area contributed by atoms with Crippen LogP contribution in [-0.4, -0.2) is 34.8 Å². The lowest BCUT2D eigenvalue weighted by Crippen LogP contribution is -2.41. The molecule has 0 spiro atoms. The fraction of sp³-hybridized carbons (Fsp3) is 0.316. The van der Waals surface area contributed by atoms with Gasteiger partial charge < -0.3 is 10.2 Å². The molecule has 0 bridgehead atoms. The average molecular weight is 474 g/mol. The molecule has 1 N–H and O–H groups in total. The molecule has 1 aromatic carbocycles. The SMILES string of the molecule is O=C(Nc1ccc(Br)cn1)C1CCN(C(=O)c2ccc(F)c(C(F)(F)F)c2)CC1. The summed E-state index contributed by atoms with van der Waals surface area (Å²) in [5.41, 5.74) is -1.71. The van der Waals surface area contributed by atoms with E-state index in [0.717, 1.165) is 10.5 Å². The molecule has 2 amide bonds. The Labute approximate surface area is 172 Å². The zero-order chi connectivity index (χ0) is 21.2. The number of nitrogens with one attached hydrogen (secondary N) is 1. The molecule has 154 valence electrons. The van der Waals surface area contributed by atoms with Crippen molar-refractivity contribution in [2.75, 3.05) is 18.4 Å². The van der Waals surface area contributed by atoms with Crippen molar-refractivity contribution in [3.05, 3.63) is 57.9 Å². The number of aromatic nitrogens is 1. The highest BCUT2D eigenvalue weighted by molar-refractivity contribution is 9.10. The third-order valence-electron chi connectivity index (χ3n) is 4.65. The Morgan fingerprint density at radius 1 is 1.14 bits per heavy atom. The summed E-state index contributed by atoms with van der Waals surface area (Å²) in [5, 5.41) is 2.70. The lowest BCUT2D eigenvalue weighted by Gasteiger charge is -2.31. The standard InChI is InChI=1S/C19H16BrF4N3O2/c20-13-2-4-16(25-10-13)26-17(28)11-5-7-27(8-6-11)18(29)12-1-3-15(21)14(9-12)19(22,23)24/h1-4,9-11H,5-8H2,(H,25,26,28). The molecule has 2 heterocycles. The van der Waals surface area contributed by atoms with Crippen LogP contribution in [-0.2, 0) is 11.0 Å². The number of hydrogen-bond acceptors (Lipinski definition) is 3. The highest BCUT2D eigenvalue weighted by atomic mass is 79.9. The number of pyridine rings is 1. The molecule has 1 aliphatic rings. The minimum absolute atomic E-state index is 0.212. The molecule has 3 rings (SSSR count). The van der Waals surface area contributed by atoms with Gasteiger partial charge in [0, 0.05) is 35.2 Å². The number of hydrogen-bond donors (Lipinski definition) is 1. The summed E-state index contributed by atoms with van der Waals surface area (Å²) in [6.45, 7) is 0.423. The molecule has 0 saturated carbocycles. The summed E-state index contributed by atoms with van der Waals surface area (Å²) < 4.78 is 52.8. The Bertz CT molecular complexity index is 911. The zero-order valence-electron chi connectivity index (χ0n) is 15.0. The van der Waals surface area contributed by atoms with E-state index < -0.39 is 23.5 Å². The molecule has 0 atom stereocenters. The molecule has 10 heteroatoms. The molecule has 0 aliphatic carbocycles. The fourth-order valence-corrected chi connectivity index (χ4v) is 3.32. The predicted molar refractivity (Wildman–Crippen MR) is 101 cm³/mol. The first kappa shape index (κ1) is 21.2. The van der Waals surface area contributed by atoms with Crippen LogP contribution in [0.25, 0.3) is 0 Å². The van der Waals surface area contributed by atoms with Crippen LogP contribution in [0.2, 0.25) is 0 Å². The summed E-state index contributed by atoms with van der Waals surface area (Å²) in [4.78, 5) is 30.3. The van der Waals surface area contributed by atoms with Crippen LogP contribution in [0, 0.1) is 11.7 Å². The van der Waals surface area contributed by atoms with Crippen molar-refractivity contribution in [2.45, 2.75) is 19.0 Å². The maximum absolute atomic E-state index is 13.4. The van der Waals surface area contributed by atoms with E-state index in [1.807, 2.05) is 0 Å². The summed E-state index contributed by atoms with van der Waals surface area (Å²) in [6.07, 6.45) is -2.61. The van der Waals surface area contributed by atoms with Crippen LogP contribution < -0.4 is 5.32 Å². The number of carbonyl (C=O) groups excluding carboxylic acids is 2. The molecular weight excluding hydrogens is 458 g/mol. The van der Waals surface area contributed by atoms with Gasteiger partial charge in [0.15, 0.2) is 0 Å². The van der Waals surface area contributed by atoms with Crippen molar-refractivity contribution in [1.29, 1.82) is 0 Å². The van der Waals surface area contributed by atoms with Crippen molar-refractivity contribution in [3.8, 4) is 0 Å². The first-order valence-electron chi connectivity index (χ1n) is 8.73. The molecule has 1 aromatic heterocycles. The van der Waals surface area contributed by atoms with Gasteiger partial charge in [0.25, 0.3) is 5.91 Å².